The topological polar surface area (TPSA) is 98.1 Å². The summed E-state index contributed by atoms with van der Waals surface area (Å²) in [6.07, 6.45) is -2.75. The monoisotopic (exact) mass is 357 g/mol. The van der Waals surface area contributed by atoms with E-state index in [-0.39, 0.29) is 24.0 Å². The number of rotatable bonds is 5. The first-order chi connectivity index (χ1) is 11.2. The van der Waals surface area contributed by atoms with Crippen LogP contribution in [0.3, 0.4) is 0 Å². The van der Waals surface area contributed by atoms with Gasteiger partial charge >= 0.3 is 6.18 Å². The van der Waals surface area contributed by atoms with Crippen molar-refractivity contribution in [2.24, 2.45) is 5.73 Å². The lowest BCUT2D eigenvalue weighted by molar-refractivity contribution is -0.137. The molecule has 0 aliphatic carbocycles. The van der Waals surface area contributed by atoms with Crippen LogP contribution >= 0.6 is 11.8 Å². The number of nitrogens with two attached hydrogens (primary N) is 2. The van der Waals surface area contributed by atoms with Gasteiger partial charge < -0.3 is 16.4 Å². The maximum atomic E-state index is 12.9. The van der Waals surface area contributed by atoms with Crippen LogP contribution in [0.4, 0.5) is 30.6 Å². The van der Waals surface area contributed by atoms with Gasteiger partial charge in [-0.25, -0.2) is 4.98 Å². The summed E-state index contributed by atoms with van der Waals surface area (Å²) in [5, 5.41) is 0.513. The average molecular weight is 357 g/mol. The molecule has 24 heavy (non-hydrogen) atoms. The van der Waals surface area contributed by atoms with Crippen LogP contribution < -0.4 is 16.4 Å². The summed E-state index contributed by atoms with van der Waals surface area (Å²) in [5.41, 5.74) is 10.1. The van der Waals surface area contributed by atoms with Gasteiger partial charge in [-0.15, -0.1) is 11.8 Å². The van der Waals surface area contributed by atoms with Crippen LogP contribution in [0.15, 0.2) is 35.4 Å². The molecule has 0 bridgehead atoms. The van der Waals surface area contributed by atoms with Crippen molar-refractivity contribution in [3.8, 4) is 0 Å². The highest BCUT2D eigenvalue weighted by Gasteiger charge is 2.31. The number of halogens is 3. The summed E-state index contributed by atoms with van der Waals surface area (Å²) >= 11 is 1.28. The molecule has 0 unspecified atom stereocenters. The number of carbonyl (C=O) groups excluding carboxylic acids is 1. The molecule has 128 valence electrons. The van der Waals surface area contributed by atoms with E-state index < -0.39 is 17.6 Å². The number of thioether (sulfide) groups is 1. The molecule has 1 amide bonds. The molecule has 0 fully saturated rings. The summed E-state index contributed by atoms with van der Waals surface area (Å²) in [5.74, 6) is -0.599. The zero-order valence-corrected chi connectivity index (χ0v) is 13.4. The smallest absolute Gasteiger partial charge is 0.368 e. The molecule has 4 N–H and O–H groups in total. The molecular weight excluding hydrogens is 343 g/mol. The van der Waals surface area contributed by atoms with Gasteiger partial charge in [-0.05, 0) is 24.5 Å². The lowest BCUT2D eigenvalue weighted by atomic mass is 10.1. The zero-order chi connectivity index (χ0) is 17.9. The van der Waals surface area contributed by atoms with Crippen LogP contribution in [-0.4, -0.2) is 28.7 Å². The number of alkyl halides is 3. The Morgan fingerprint density at radius 2 is 2.00 bits per heavy atom. The van der Waals surface area contributed by atoms with E-state index in [1.807, 2.05) is 0 Å². The molecule has 2 rings (SSSR count). The highest BCUT2D eigenvalue weighted by atomic mass is 32.2. The number of primary amides is 1. The highest BCUT2D eigenvalue weighted by molar-refractivity contribution is 7.98. The third-order valence-corrected chi connectivity index (χ3v) is 3.62. The molecule has 0 aliphatic rings. The molecule has 1 heterocycles. The Kier molecular flexibility index (Phi) is 5.17. The van der Waals surface area contributed by atoms with Crippen molar-refractivity contribution in [1.82, 2.24) is 9.97 Å². The van der Waals surface area contributed by atoms with E-state index in [2.05, 4.69) is 9.97 Å². The molecule has 0 aliphatic heterocycles. The normalized spacial score (nSPS) is 11.3. The van der Waals surface area contributed by atoms with Gasteiger partial charge in [0.1, 0.15) is 17.4 Å². The van der Waals surface area contributed by atoms with Crippen LogP contribution in [0.2, 0.25) is 0 Å². The summed E-state index contributed by atoms with van der Waals surface area (Å²) in [6.45, 7) is -0.356. The van der Waals surface area contributed by atoms with Crippen LogP contribution in [0, 0.1) is 0 Å². The fourth-order valence-corrected chi connectivity index (χ4v) is 2.39. The van der Waals surface area contributed by atoms with Gasteiger partial charge in [0.05, 0.1) is 5.56 Å². The number of amides is 1. The molecule has 0 atom stereocenters. The summed E-state index contributed by atoms with van der Waals surface area (Å²) in [7, 11) is 0. The van der Waals surface area contributed by atoms with Crippen LogP contribution in [0.5, 0.6) is 0 Å². The molecule has 0 radical (unpaired) electrons. The van der Waals surface area contributed by atoms with Crippen molar-refractivity contribution < 1.29 is 18.0 Å². The Morgan fingerprint density at radius 1 is 1.29 bits per heavy atom. The Hall–Kier alpha value is -2.49. The van der Waals surface area contributed by atoms with Crippen LogP contribution in [-0.2, 0) is 11.0 Å². The van der Waals surface area contributed by atoms with Crippen molar-refractivity contribution in [3.63, 3.8) is 0 Å². The summed E-state index contributed by atoms with van der Waals surface area (Å²) < 4.78 is 38.8. The standard InChI is InChI=1S/C14H14F3N5OS/c1-24-12-6-11(20-13(19)21-12)22(7-10(18)23)9-4-2-3-8(5-9)14(15,16)17/h2-6H,7H2,1H3,(H2,18,23)(H2,19,20,21). The second-order valence-electron chi connectivity index (χ2n) is 4.73. The molecule has 2 aromatic rings. The molecule has 0 spiro atoms. The maximum Gasteiger partial charge on any atom is 0.416 e. The van der Waals surface area contributed by atoms with E-state index in [1.54, 1.807) is 6.26 Å². The van der Waals surface area contributed by atoms with E-state index in [0.29, 0.717) is 5.03 Å². The zero-order valence-electron chi connectivity index (χ0n) is 12.5. The van der Waals surface area contributed by atoms with Crippen LogP contribution in [0.1, 0.15) is 5.56 Å². The quantitative estimate of drug-likeness (QED) is 0.630. The number of nitrogens with zero attached hydrogens (tertiary/aromatic N) is 3. The Labute approximate surface area is 140 Å². The summed E-state index contributed by atoms with van der Waals surface area (Å²) in [4.78, 5) is 20.6. The minimum atomic E-state index is -4.51. The Balaban J connectivity index is 2.54. The predicted molar refractivity (Wildman–Crippen MR) is 85.9 cm³/mol. The number of benzene rings is 1. The second kappa shape index (κ2) is 6.95. The second-order valence-corrected chi connectivity index (χ2v) is 5.55. The third kappa shape index (κ3) is 4.28. The molecule has 10 heteroatoms. The van der Waals surface area contributed by atoms with Gasteiger partial charge in [-0.1, -0.05) is 6.07 Å². The minimum absolute atomic E-state index is 0.0571. The van der Waals surface area contributed by atoms with Crippen molar-refractivity contribution in [2.75, 3.05) is 23.4 Å². The Morgan fingerprint density at radius 3 is 2.58 bits per heavy atom. The first-order valence-electron chi connectivity index (χ1n) is 6.62. The van der Waals surface area contributed by atoms with Crippen LogP contribution in [0.25, 0.3) is 0 Å². The van der Waals surface area contributed by atoms with Crippen molar-refractivity contribution in [2.45, 2.75) is 11.2 Å². The van der Waals surface area contributed by atoms with Gasteiger partial charge in [0, 0.05) is 11.8 Å². The maximum absolute atomic E-state index is 12.9. The van der Waals surface area contributed by atoms with Gasteiger partial charge in [0.2, 0.25) is 11.9 Å². The number of anilines is 3. The molecule has 1 aromatic heterocycles. The molecule has 6 nitrogen and oxygen atoms in total. The highest BCUT2D eigenvalue weighted by Crippen LogP contribution is 2.33. The number of carbonyl (C=O) groups is 1. The fourth-order valence-electron chi connectivity index (χ4n) is 1.98. The van der Waals surface area contributed by atoms with E-state index in [1.165, 1.54) is 34.9 Å². The number of hydrogen-bond donors (Lipinski definition) is 2. The van der Waals surface area contributed by atoms with Gasteiger partial charge in [0.15, 0.2) is 0 Å². The SMILES string of the molecule is CSc1cc(N(CC(N)=O)c2cccc(C(F)(F)F)c2)nc(N)n1. The fraction of sp³-hybridized carbons (Fsp3) is 0.214. The Bertz CT molecular complexity index is 753. The lowest BCUT2D eigenvalue weighted by Gasteiger charge is -2.23. The van der Waals surface area contributed by atoms with Gasteiger partial charge in [0.25, 0.3) is 0 Å². The number of nitrogen functional groups attached to an aromatic ring is 1. The first kappa shape index (κ1) is 17.9. The molecule has 0 saturated carbocycles. The first-order valence-corrected chi connectivity index (χ1v) is 7.85. The lowest BCUT2D eigenvalue weighted by Crippen LogP contribution is -2.31. The van der Waals surface area contributed by atoms with E-state index in [4.69, 9.17) is 11.5 Å². The molecule has 1 aromatic carbocycles. The van der Waals surface area contributed by atoms with E-state index in [9.17, 15) is 18.0 Å². The predicted octanol–water partition coefficient (Wildman–Crippen LogP) is 2.42. The molecular formula is C14H14F3N5OS. The average Bonchev–Trinajstić information content (AvgIpc) is 2.51. The number of aromatic nitrogens is 2. The van der Waals surface area contributed by atoms with E-state index >= 15 is 0 Å². The number of hydrogen-bond acceptors (Lipinski definition) is 6. The summed E-state index contributed by atoms with van der Waals surface area (Å²) in [6, 6.07) is 6.04. The van der Waals surface area contributed by atoms with Gasteiger partial charge in [-0.2, -0.15) is 18.2 Å². The third-order valence-electron chi connectivity index (χ3n) is 2.99. The van der Waals surface area contributed by atoms with Crippen molar-refractivity contribution in [1.29, 1.82) is 0 Å². The van der Waals surface area contributed by atoms with E-state index in [0.717, 1.165) is 12.1 Å². The largest absolute Gasteiger partial charge is 0.416 e. The minimum Gasteiger partial charge on any atom is -0.368 e. The van der Waals surface area contributed by atoms with Crippen molar-refractivity contribution in [3.05, 3.63) is 35.9 Å². The van der Waals surface area contributed by atoms with Gasteiger partial charge in [-0.3, -0.25) is 4.79 Å². The van der Waals surface area contributed by atoms with Crippen molar-refractivity contribution >= 4 is 35.1 Å². The molecule has 0 saturated heterocycles.